The van der Waals surface area contributed by atoms with Crippen molar-refractivity contribution in [2.75, 3.05) is 20.1 Å². The van der Waals surface area contributed by atoms with E-state index in [2.05, 4.69) is 18.9 Å². The van der Waals surface area contributed by atoms with Gasteiger partial charge < -0.3 is 10.6 Å². The van der Waals surface area contributed by atoms with Gasteiger partial charge in [-0.25, -0.2) is 0 Å². The molecule has 0 saturated carbocycles. The van der Waals surface area contributed by atoms with E-state index >= 15 is 0 Å². The molecule has 0 aromatic carbocycles. The Balaban J connectivity index is 2.35. The molecule has 1 fully saturated rings. The van der Waals surface area contributed by atoms with E-state index in [-0.39, 0.29) is 0 Å². The summed E-state index contributed by atoms with van der Waals surface area (Å²) >= 11 is 0. The van der Waals surface area contributed by atoms with E-state index in [1.54, 1.807) is 0 Å². The third-order valence-electron chi connectivity index (χ3n) is 3.25. The standard InChI is InChI=1S/C11H24N2/c1-10(9-12)8-11-6-4-3-5-7-13(11)2/h10-11H,3-9,12H2,1-2H3. The Kier molecular flexibility index (Phi) is 4.74. The lowest BCUT2D eigenvalue weighted by Crippen LogP contribution is -2.33. The van der Waals surface area contributed by atoms with Gasteiger partial charge in [-0.15, -0.1) is 0 Å². The van der Waals surface area contributed by atoms with Crippen molar-refractivity contribution in [3.63, 3.8) is 0 Å². The zero-order chi connectivity index (χ0) is 9.68. The van der Waals surface area contributed by atoms with Gasteiger partial charge in [0.1, 0.15) is 0 Å². The third kappa shape index (κ3) is 3.65. The third-order valence-corrected chi connectivity index (χ3v) is 3.25. The molecule has 2 unspecified atom stereocenters. The van der Waals surface area contributed by atoms with E-state index in [1.165, 1.54) is 38.6 Å². The second-order valence-corrected chi connectivity index (χ2v) is 4.56. The van der Waals surface area contributed by atoms with Gasteiger partial charge in [0.2, 0.25) is 0 Å². The monoisotopic (exact) mass is 184 g/mol. The molecule has 2 nitrogen and oxygen atoms in total. The molecule has 0 amide bonds. The van der Waals surface area contributed by atoms with Crippen molar-refractivity contribution < 1.29 is 0 Å². The minimum Gasteiger partial charge on any atom is -0.330 e. The van der Waals surface area contributed by atoms with Crippen molar-refractivity contribution in [1.29, 1.82) is 0 Å². The Labute approximate surface area is 82.5 Å². The van der Waals surface area contributed by atoms with E-state index in [1.807, 2.05) is 0 Å². The van der Waals surface area contributed by atoms with Gasteiger partial charge >= 0.3 is 0 Å². The first-order valence-electron chi connectivity index (χ1n) is 5.64. The largest absolute Gasteiger partial charge is 0.330 e. The first-order valence-corrected chi connectivity index (χ1v) is 5.64. The minimum absolute atomic E-state index is 0.686. The van der Waals surface area contributed by atoms with E-state index in [0.717, 1.165) is 12.6 Å². The van der Waals surface area contributed by atoms with Crippen LogP contribution >= 0.6 is 0 Å². The summed E-state index contributed by atoms with van der Waals surface area (Å²) in [5, 5.41) is 0. The van der Waals surface area contributed by atoms with Gasteiger partial charge in [0.05, 0.1) is 0 Å². The van der Waals surface area contributed by atoms with Crippen LogP contribution in [0.3, 0.4) is 0 Å². The van der Waals surface area contributed by atoms with Crippen LogP contribution in [0.25, 0.3) is 0 Å². The van der Waals surface area contributed by atoms with Crippen LogP contribution in [0.15, 0.2) is 0 Å². The predicted octanol–water partition coefficient (Wildman–Crippen LogP) is 1.85. The van der Waals surface area contributed by atoms with Crippen LogP contribution in [0.1, 0.15) is 39.0 Å². The Bertz CT molecular complexity index is 136. The zero-order valence-electron chi connectivity index (χ0n) is 9.13. The molecule has 13 heavy (non-hydrogen) atoms. The number of rotatable bonds is 3. The summed E-state index contributed by atoms with van der Waals surface area (Å²) in [6, 6.07) is 0.793. The van der Waals surface area contributed by atoms with Gasteiger partial charge in [0.15, 0.2) is 0 Å². The highest BCUT2D eigenvalue weighted by Crippen LogP contribution is 2.20. The summed E-state index contributed by atoms with van der Waals surface area (Å²) in [5.74, 6) is 0.686. The van der Waals surface area contributed by atoms with Crippen LogP contribution in [0.2, 0.25) is 0 Å². The SMILES string of the molecule is CC(CN)CC1CCCCCN1C. The van der Waals surface area contributed by atoms with Gasteiger partial charge in [-0.05, 0) is 45.3 Å². The van der Waals surface area contributed by atoms with Crippen molar-refractivity contribution in [2.24, 2.45) is 11.7 Å². The lowest BCUT2D eigenvalue weighted by molar-refractivity contribution is 0.214. The molecule has 0 aromatic heterocycles. The molecule has 0 aliphatic carbocycles. The van der Waals surface area contributed by atoms with Crippen LogP contribution in [-0.4, -0.2) is 31.1 Å². The van der Waals surface area contributed by atoms with Gasteiger partial charge in [-0.1, -0.05) is 19.8 Å². The zero-order valence-corrected chi connectivity index (χ0v) is 9.13. The minimum atomic E-state index is 0.686. The molecule has 1 heterocycles. The molecule has 1 rings (SSSR count). The fraction of sp³-hybridized carbons (Fsp3) is 1.00. The smallest absolute Gasteiger partial charge is 0.00952 e. The van der Waals surface area contributed by atoms with E-state index in [0.29, 0.717) is 5.92 Å². The van der Waals surface area contributed by atoms with Crippen LogP contribution in [-0.2, 0) is 0 Å². The van der Waals surface area contributed by atoms with E-state index in [4.69, 9.17) is 5.73 Å². The topological polar surface area (TPSA) is 29.3 Å². The average Bonchev–Trinajstić information content (AvgIpc) is 2.32. The predicted molar refractivity (Wildman–Crippen MR) is 57.7 cm³/mol. The molecule has 2 N–H and O–H groups in total. The Morgan fingerprint density at radius 2 is 2.15 bits per heavy atom. The molecular weight excluding hydrogens is 160 g/mol. The normalized spacial score (nSPS) is 28.4. The maximum atomic E-state index is 5.66. The van der Waals surface area contributed by atoms with Crippen molar-refractivity contribution in [3.05, 3.63) is 0 Å². The summed E-state index contributed by atoms with van der Waals surface area (Å²) in [6.07, 6.45) is 6.86. The molecule has 0 spiro atoms. The second kappa shape index (κ2) is 5.61. The fourth-order valence-corrected chi connectivity index (χ4v) is 2.18. The molecule has 2 atom stereocenters. The first kappa shape index (κ1) is 11.0. The Hall–Kier alpha value is -0.0800. The highest BCUT2D eigenvalue weighted by atomic mass is 15.1. The number of nitrogens with zero attached hydrogens (tertiary/aromatic N) is 1. The van der Waals surface area contributed by atoms with Crippen LogP contribution in [0, 0.1) is 5.92 Å². The van der Waals surface area contributed by atoms with Gasteiger partial charge in [-0.2, -0.15) is 0 Å². The van der Waals surface area contributed by atoms with Crippen LogP contribution < -0.4 is 5.73 Å². The maximum Gasteiger partial charge on any atom is 0.00952 e. The molecule has 0 aromatic rings. The molecule has 1 aliphatic heterocycles. The lowest BCUT2D eigenvalue weighted by Gasteiger charge is -2.27. The highest BCUT2D eigenvalue weighted by molar-refractivity contribution is 4.74. The van der Waals surface area contributed by atoms with Crippen LogP contribution in [0.4, 0.5) is 0 Å². The summed E-state index contributed by atoms with van der Waals surface area (Å²) in [7, 11) is 2.26. The van der Waals surface area contributed by atoms with Crippen molar-refractivity contribution >= 4 is 0 Å². The van der Waals surface area contributed by atoms with Crippen molar-refractivity contribution in [3.8, 4) is 0 Å². The number of nitrogens with two attached hydrogens (primary N) is 1. The van der Waals surface area contributed by atoms with E-state index < -0.39 is 0 Å². The molecule has 2 heteroatoms. The average molecular weight is 184 g/mol. The summed E-state index contributed by atoms with van der Waals surface area (Å²) in [4.78, 5) is 2.53. The molecule has 0 bridgehead atoms. The first-order chi connectivity index (χ1) is 6.24. The highest BCUT2D eigenvalue weighted by Gasteiger charge is 2.18. The van der Waals surface area contributed by atoms with Crippen LogP contribution in [0.5, 0.6) is 0 Å². The number of likely N-dealkylation sites (tertiary alicyclic amines) is 1. The molecular formula is C11H24N2. The van der Waals surface area contributed by atoms with Gasteiger partial charge in [-0.3, -0.25) is 0 Å². The second-order valence-electron chi connectivity index (χ2n) is 4.56. The molecule has 1 aliphatic rings. The van der Waals surface area contributed by atoms with Crippen molar-refractivity contribution in [1.82, 2.24) is 4.90 Å². The summed E-state index contributed by atoms with van der Waals surface area (Å²) in [6.45, 7) is 4.38. The molecule has 78 valence electrons. The van der Waals surface area contributed by atoms with Gasteiger partial charge in [0.25, 0.3) is 0 Å². The lowest BCUT2D eigenvalue weighted by atomic mass is 9.98. The Morgan fingerprint density at radius 3 is 2.85 bits per heavy atom. The number of hydrogen-bond acceptors (Lipinski definition) is 2. The quantitative estimate of drug-likeness (QED) is 0.725. The fourth-order valence-electron chi connectivity index (χ4n) is 2.18. The Morgan fingerprint density at radius 1 is 1.38 bits per heavy atom. The summed E-state index contributed by atoms with van der Waals surface area (Å²) < 4.78 is 0. The van der Waals surface area contributed by atoms with E-state index in [9.17, 15) is 0 Å². The molecule has 0 radical (unpaired) electrons. The van der Waals surface area contributed by atoms with Crippen molar-refractivity contribution in [2.45, 2.75) is 45.1 Å². The maximum absolute atomic E-state index is 5.66. The summed E-state index contributed by atoms with van der Waals surface area (Å²) in [5.41, 5.74) is 5.66. The van der Waals surface area contributed by atoms with Gasteiger partial charge in [0, 0.05) is 6.04 Å². The number of hydrogen-bond donors (Lipinski definition) is 1. The molecule has 1 saturated heterocycles.